The third kappa shape index (κ3) is 4.60. The van der Waals surface area contributed by atoms with Gasteiger partial charge in [-0.25, -0.2) is 23.1 Å². The third-order valence-electron chi connectivity index (χ3n) is 6.52. The maximum Gasteiger partial charge on any atom is 0.251 e. The lowest BCUT2D eigenvalue weighted by atomic mass is 10.1. The Morgan fingerprint density at radius 2 is 1.69 bits per heavy atom. The fourth-order valence-electron chi connectivity index (χ4n) is 4.68. The zero-order valence-electron chi connectivity index (χ0n) is 21.2. The molecule has 2 aromatic heterocycles. The summed E-state index contributed by atoms with van der Waals surface area (Å²) in [6.45, 7) is 12.6. The minimum atomic E-state index is -3.54. The van der Waals surface area contributed by atoms with Gasteiger partial charge >= 0.3 is 0 Å². The van der Waals surface area contributed by atoms with Crippen LogP contribution >= 0.6 is 0 Å². The zero-order chi connectivity index (χ0) is 25.5. The third-order valence-corrected chi connectivity index (χ3v) is 8.57. The summed E-state index contributed by atoms with van der Waals surface area (Å²) in [6.07, 6.45) is 0.817. The number of hydrogen-bond acceptors (Lipinski definition) is 6. The van der Waals surface area contributed by atoms with Crippen LogP contribution in [-0.4, -0.2) is 58.0 Å². The number of nitrogens with zero attached hydrogens (tertiary/aromatic N) is 6. The van der Waals surface area contributed by atoms with Crippen LogP contribution in [0.15, 0.2) is 29.2 Å². The van der Waals surface area contributed by atoms with E-state index in [4.69, 9.17) is 0 Å². The van der Waals surface area contributed by atoms with E-state index < -0.39 is 10.0 Å². The molecule has 0 unspecified atom stereocenters. The number of rotatable bonds is 7. The molecule has 1 amide bonds. The van der Waals surface area contributed by atoms with Crippen molar-refractivity contribution >= 4 is 21.6 Å². The number of aryl methyl sites for hydroxylation is 3. The highest BCUT2D eigenvalue weighted by atomic mass is 32.2. The first kappa shape index (κ1) is 25.0. The molecule has 1 aromatic carbocycles. The predicted molar refractivity (Wildman–Crippen MR) is 134 cm³/mol. The summed E-state index contributed by atoms with van der Waals surface area (Å²) < 4.78 is 29.0. The summed E-state index contributed by atoms with van der Waals surface area (Å²) >= 11 is 0. The van der Waals surface area contributed by atoms with Gasteiger partial charge in [0.05, 0.1) is 17.0 Å². The van der Waals surface area contributed by atoms with Gasteiger partial charge in [-0.1, -0.05) is 13.8 Å². The molecule has 0 fully saturated rings. The van der Waals surface area contributed by atoms with Crippen molar-refractivity contribution in [3.63, 3.8) is 0 Å². The second-order valence-electron chi connectivity index (χ2n) is 8.86. The van der Waals surface area contributed by atoms with Crippen LogP contribution < -0.4 is 4.90 Å². The van der Waals surface area contributed by atoms with Crippen LogP contribution in [-0.2, 0) is 27.7 Å². The van der Waals surface area contributed by atoms with E-state index in [-0.39, 0.29) is 17.2 Å². The van der Waals surface area contributed by atoms with Crippen LogP contribution in [0, 0.1) is 27.7 Å². The summed E-state index contributed by atoms with van der Waals surface area (Å²) in [5, 5.41) is 4.61. The van der Waals surface area contributed by atoms with Crippen molar-refractivity contribution in [1.82, 2.24) is 24.1 Å². The molecule has 3 aromatic rings. The van der Waals surface area contributed by atoms with Crippen LogP contribution in [0.4, 0.5) is 5.69 Å². The van der Waals surface area contributed by atoms with E-state index in [0.717, 1.165) is 39.6 Å². The molecular weight excluding hydrogens is 464 g/mol. The van der Waals surface area contributed by atoms with Gasteiger partial charge < -0.3 is 4.90 Å². The maximum absolute atomic E-state index is 13.3. The van der Waals surface area contributed by atoms with Crippen molar-refractivity contribution < 1.29 is 13.2 Å². The van der Waals surface area contributed by atoms with Gasteiger partial charge in [-0.2, -0.15) is 9.40 Å². The molecule has 1 aliphatic rings. The minimum Gasteiger partial charge on any atom is -0.312 e. The minimum absolute atomic E-state index is 0.0461. The van der Waals surface area contributed by atoms with E-state index in [1.807, 2.05) is 47.6 Å². The second-order valence-corrected chi connectivity index (χ2v) is 10.8. The lowest BCUT2D eigenvalue weighted by Crippen LogP contribution is -2.31. The molecule has 3 heterocycles. The first-order valence-electron chi connectivity index (χ1n) is 11.9. The maximum atomic E-state index is 13.3. The summed E-state index contributed by atoms with van der Waals surface area (Å²) in [6, 6.07) is 6.97. The summed E-state index contributed by atoms with van der Waals surface area (Å²) in [4.78, 5) is 24.4. The van der Waals surface area contributed by atoms with Crippen molar-refractivity contribution in [3.05, 3.63) is 58.2 Å². The van der Waals surface area contributed by atoms with Crippen molar-refractivity contribution in [3.8, 4) is 5.95 Å². The Morgan fingerprint density at radius 1 is 1.03 bits per heavy atom. The second kappa shape index (κ2) is 9.50. The van der Waals surface area contributed by atoms with Gasteiger partial charge in [0, 0.05) is 48.0 Å². The van der Waals surface area contributed by atoms with E-state index in [1.54, 1.807) is 27.8 Å². The molecule has 0 atom stereocenters. The first-order valence-corrected chi connectivity index (χ1v) is 13.3. The SMILES string of the molecule is CCN(CC)S(=O)(=O)c1ccc2c(c1)CCN2C(=O)Cc1c(C)nn(-c2nc(C)cc(C)n2)c1C. The van der Waals surface area contributed by atoms with Crippen molar-refractivity contribution in [2.24, 2.45) is 0 Å². The number of carbonyl (C=O) groups is 1. The van der Waals surface area contributed by atoms with Gasteiger partial charge in [-0.05, 0) is 63.9 Å². The Kier molecular flexibility index (Phi) is 6.79. The van der Waals surface area contributed by atoms with Crippen molar-refractivity contribution in [1.29, 1.82) is 0 Å². The standard InChI is InChI=1S/C25H32N6O3S/c1-7-29(8-2)35(33,34)21-9-10-23-20(14-21)11-12-30(23)24(32)15-22-18(5)28-31(19(22)6)25-26-16(3)13-17(4)27-25/h9-10,13-14H,7-8,11-12,15H2,1-6H3. The van der Waals surface area contributed by atoms with Crippen LogP contribution in [0.1, 0.15) is 47.8 Å². The molecule has 0 saturated heterocycles. The predicted octanol–water partition coefficient (Wildman–Crippen LogP) is 3.06. The highest BCUT2D eigenvalue weighted by molar-refractivity contribution is 7.89. The lowest BCUT2D eigenvalue weighted by Gasteiger charge is -2.20. The highest BCUT2D eigenvalue weighted by Gasteiger charge is 2.29. The Balaban J connectivity index is 1.59. The normalized spacial score (nSPS) is 13.5. The molecule has 0 saturated carbocycles. The van der Waals surface area contributed by atoms with Crippen LogP contribution in [0.5, 0.6) is 0 Å². The van der Waals surface area contributed by atoms with E-state index in [1.165, 1.54) is 4.31 Å². The van der Waals surface area contributed by atoms with Gasteiger partial charge in [0.15, 0.2) is 0 Å². The molecule has 1 aliphatic heterocycles. The molecule has 0 radical (unpaired) electrons. The van der Waals surface area contributed by atoms with Crippen LogP contribution in [0.2, 0.25) is 0 Å². The van der Waals surface area contributed by atoms with Crippen molar-refractivity contribution in [2.45, 2.75) is 59.3 Å². The van der Waals surface area contributed by atoms with Gasteiger partial charge in [0.2, 0.25) is 15.9 Å². The molecular formula is C25H32N6O3S. The molecule has 4 rings (SSSR count). The van der Waals surface area contributed by atoms with E-state index in [2.05, 4.69) is 15.1 Å². The average molecular weight is 497 g/mol. The summed E-state index contributed by atoms with van der Waals surface area (Å²) in [5.74, 6) is 0.449. The smallest absolute Gasteiger partial charge is 0.251 e. The fraction of sp³-hybridized carbons (Fsp3) is 0.440. The number of anilines is 1. The quantitative estimate of drug-likeness (QED) is 0.498. The number of carbonyl (C=O) groups excluding carboxylic acids is 1. The number of aromatic nitrogens is 4. The van der Waals surface area contributed by atoms with Crippen LogP contribution in [0.3, 0.4) is 0 Å². The number of benzene rings is 1. The lowest BCUT2D eigenvalue weighted by molar-refractivity contribution is -0.117. The molecule has 0 spiro atoms. The number of hydrogen-bond donors (Lipinski definition) is 0. The summed E-state index contributed by atoms with van der Waals surface area (Å²) in [7, 11) is -3.54. The van der Waals surface area contributed by atoms with Gasteiger partial charge in [-0.3, -0.25) is 4.79 Å². The van der Waals surface area contributed by atoms with Gasteiger partial charge in [0.25, 0.3) is 5.95 Å². The monoisotopic (exact) mass is 496 g/mol. The molecule has 0 bridgehead atoms. The van der Waals surface area contributed by atoms with Gasteiger partial charge in [0.1, 0.15) is 0 Å². The molecule has 186 valence electrons. The largest absolute Gasteiger partial charge is 0.312 e. The molecule has 35 heavy (non-hydrogen) atoms. The number of amides is 1. The molecule has 9 nitrogen and oxygen atoms in total. The molecule has 0 N–H and O–H groups in total. The fourth-order valence-corrected chi connectivity index (χ4v) is 6.19. The Morgan fingerprint density at radius 3 is 2.31 bits per heavy atom. The van der Waals surface area contributed by atoms with E-state index >= 15 is 0 Å². The Bertz CT molecular complexity index is 1370. The topological polar surface area (TPSA) is 101 Å². The highest BCUT2D eigenvalue weighted by Crippen LogP contribution is 2.32. The Labute approximate surface area is 206 Å². The van der Waals surface area contributed by atoms with E-state index in [9.17, 15) is 13.2 Å². The summed E-state index contributed by atoms with van der Waals surface area (Å²) in [5.41, 5.74) is 5.81. The Hall–Kier alpha value is -3.11. The zero-order valence-corrected chi connectivity index (χ0v) is 22.0. The molecule has 0 aliphatic carbocycles. The van der Waals surface area contributed by atoms with Gasteiger partial charge in [-0.15, -0.1) is 0 Å². The number of fused-ring (bicyclic) bond motifs is 1. The first-order chi connectivity index (χ1) is 16.6. The average Bonchev–Trinajstić information content (AvgIpc) is 3.35. The number of sulfonamides is 1. The van der Waals surface area contributed by atoms with Crippen molar-refractivity contribution in [2.75, 3.05) is 24.5 Å². The van der Waals surface area contributed by atoms with E-state index in [0.29, 0.717) is 32.0 Å². The van der Waals surface area contributed by atoms with Crippen LogP contribution in [0.25, 0.3) is 5.95 Å². The molecule has 10 heteroatoms.